The van der Waals surface area contributed by atoms with Crippen LogP contribution < -0.4 is 10.1 Å². The highest BCUT2D eigenvalue weighted by Gasteiger charge is 2.10. The van der Waals surface area contributed by atoms with Crippen molar-refractivity contribution < 1.29 is 14.3 Å². The van der Waals surface area contributed by atoms with Gasteiger partial charge in [0.2, 0.25) is 5.91 Å². The Morgan fingerprint density at radius 1 is 1.13 bits per heavy atom. The second-order valence-electron chi connectivity index (χ2n) is 4.81. The average Bonchev–Trinajstić information content (AvgIpc) is 2.51. The van der Waals surface area contributed by atoms with E-state index < -0.39 is 5.97 Å². The Balaban J connectivity index is 1.73. The minimum absolute atomic E-state index is 0.0763. The molecule has 0 aliphatic carbocycles. The lowest BCUT2D eigenvalue weighted by Gasteiger charge is -2.07. The standard InChI is InChI=1S/C17H15BrClNO3/c18-13-6-7-15(14(19)11-13)23-17(22)8-9-20-16(21)10-12-4-2-1-3-5-12/h1-7,11H,8-10H2,(H,20,21). The SMILES string of the molecule is O=C(Cc1ccccc1)NCCC(=O)Oc1ccc(Br)cc1Cl. The van der Waals surface area contributed by atoms with E-state index in [0.29, 0.717) is 10.8 Å². The number of carbonyl (C=O) groups excluding carboxylic acids is 2. The van der Waals surface area contributed by atoms with Crippen LogP contribution in [0, 0.1) is 0 Å². The van der Waals surface area contributed by atoms with Crippen LogP contribution in [0.3, 0.4) is 0 Å². The zero-order valence-corrected chi connectivity index (χ0v) is 14.6. The number of hydrogen-bond donors (Lipinski definition) is 1. The van der Waals surface area contributed by atoms with Gasteiger partial charge in [-0.15, -0.1) is 0 Å². The molecule has 0 aliphatic rings. The van der Waals surface area contributed by atoms with Crippen LogP contribution in [-0.2, 0) is 16.0 Å². The molecule has 0 bridgehead atoms. The van der Waals surface area contributed by atoms with Gasteiger partial charge in [0.15, 0.2) is 0 Å². The molecule has 0 unspecified atom stereocenters. The third-order valence-electron chi connectivity index (χ3n) is 2.98. The lowest BCUT2D eigenvalue weighted by atomic mass is 10.1. The monoisotopic (exact) mass is 395 g/mol. The molecule has 0 spiro atoms. The summed E-state index contributed by atoms with van der Waals surface area (Å²) in [5.41, 5.74) is 0.925. The van der Waals surface area contributed by atoms with Gasteiger partial charge in [-0.05, 0) is 23.8 Å². The first-order valence-corrected chi connectivity index (χ1v) is 8.18. The van der Waals surface area contributed by atoms with Gasteiger partial charge < -0.3 is 10.1 Å². The predicted octanol–water partition coefficient (Wildman–Crippen LogP) is 3.76. The molecule has 0 aliphatic heterocycles. The lowest BCUT2D eigenvalue weighted by molar-refractivity contribution is -0.134. The van der Waals surface area contributed by atoms with E-state index >= 15 is 0 Å². The van der Waals surface area contributed by atoms with Crippen LogP contribution in [0.15, 0.2) is 53.0 Å². The highest BCUT2D eigenvalue weighted by molar-refractivity contribution is 9.10. The normalized spacial score (nSPS) is 10.2. The fraction of sp³-hybridized carbons (Fsp3) is 0.176. The Morgan fingerprint density at radius 3 is 2.57 bits per heavy atom. The van der Waals surface area contributed by atoms with Gasteiger partial charge in [-0.1, -0.05) is 57.9 Å². The van der Waals surface area contributed by atoms with Crippen LogP contribution in [0.5, 0.6) is 5.75 Å². The van der Waals surface area contributed by atoms with Crippen molar-refractivity contribution in [2.24, 2.45) is 0 Å². The Hall–Kier alpha value is -1.85. The Bertz CT molecular complexity index is 691. The first kappa shape index (κ1) is 17.5. The summed E-state index contributed by atoms with van der Waals surface area (Å²) in [7, 11) is 0. The molecule has 23 heavy (non-hydrogen) atoms. The summed E-state index contributed by atoms with van der Waals surface area (Å²) >= 11 is 9.25. The van der Waals surface area contributed by atoms with Crippen molar-refractivity contribution in [3.05, 3.63) is 63.6 Å². The number of carbonyl (C=O) groups is 2. The van der Waals surface area contributed by atoms with E-state index in [1.807, 2.05) is 30.3 Å². The number of benzene rings is 2. The molecule has 6 heteroatoms. The van der Waals surface area contributed by atoms with Crippen molar-refractivity contribution in [3.8, 4) is 5.75 Å². The Morgan fingerprint density at radius 2 is 1.87 bits per heavy atom. The van der Waals surface area contributed by atoms with Crippen molar-refractivity contribution >= 4 is 39.4 Å². The maximum absolute atomic E-state index is 11.8. The number of rotatable bonds is 6. The van der Waals surface area contributed by atoms with Crippen molar-refractivity contribution in [3.63, 3.8) is 0 Å². The molecule has 0 heterocycles. The number of hydrogen-bond acceptors (Lipinski definition) is 3. The number of nitrogens with one attached hydrogen (secondary N) is 1. The summed E-state index contributed by atoms with van der Waals surface area (Å²) in [5, 5.41) is 3.04. The first-order chi connectivity index (χ1) is 11.0. The summed E-state index contributed by atoms with van der Waals surface area (Å²) in [6.07, 6.45) is 0.362. The van der Waals surface area contributed by atoms with Gasteiger partial charge in [-0.3, -0.25) is 9.59 Å². The van der Waals surface area contributed by atoms with Crippen LogP contribution in [0.4, 0.5) is 0 Å². The number of amides is 1. The fourth-order valence-electron chi connectivity index (χ4n) is 1.88. The van der Waals surface area contributed by atoms with Crippen LogP contribution in [-0.4, -0.2) is 18.4 Å². The Kier molecular flexibility index (Phi) is 6.62. The summed E-state index contributed by atoms with van der Waals surface area (Å²) in [6.45, 7) is 0.221. The van der Waals surface area contributed by atoms with E-state index in [9.17, 15) is 9.59 Å². The molecule has 0 aromatic heterocycles. The summed E-state index contributed by atoms with van der Waals surface area (Å²) in [5.74, 6) is -0.282. The average molecular weight is 397 g/mol. The van der Waals surface area contributed by atoms with Gasteiger partial charge in [0.25, 0.3) is 0 Å². The van der Waals surface area contributed by atoms with E-state index in [1.54, 1.807) is 18.2 Å². The minimum Gasteiger partial charge on any atom is -0.425 e. The molecule has 0 radical (unpaired) electrons. The van der Waals surface area contributed by atoms with E-state index in [4.69, 9.17) is 16.3 Å². The highest BCUT2D eigenvalue weighted by Crippen LogP contribution is 2.27. The maximum Gasteiger partial charge on any atom is 0.313 e. The number of esters is 1. The first-order valence-electron chi connectivity index (χ1n) is 7.01. The zero-order chi connectivity index (χ0) is 16.7. The molecule has 0 fully saturated rings. The predicted molar refractivity (Wildman–Crippen MR) is 92.6 cm³/mol. The lowest BCUT2D eigenvalue weighted by Crippen LogP contribution is -2.28. The van der Waals surface area contributed by atoms with Crippen LogP contribution in [0.1, 0.15) is 12.0 Å². The second-order valence-corrected chi connectivity index (χ2v) is 6.13. The van der Waals surface area contributed by atoms with Crippen LogP contribution in [0.25, 0.3) is 0 Å². The van der Waals surface area contributed by atoms with Gasteiger partial charge in [0.05, 0.1) is 17.9 Å². The molecular weight excluding hydrogens is 382 g/mol. The molecule has 2 rings (SSSR count). The third-order valence-corrected chi connectivity index (χ3v) is 3.77. The third kappa shape index (κ3) is 6.04. The van der Waals surface area contributed by atoms with Gasteiger partial charge in [-0.2, -0.15) is 0 Å². The summed E-state index contributed by atoms with van der Waals surface area (Å²) in [6, 6.07) is 14.4. The molecule has 1 amide bonds. The van der Waals surface area contributed by atoms with Crippen molar-refractivity contribution in [2.45, 2.75) is 12.8 Å². The summed E-state index contributed by atoms with van der Waals surface area (Å²) in [4.78, 5) is 23.5. The minimum atomic E-state index is -0.450. The van der Waals surface area contributed by atoms with Crippen molar-refractivity contribution in [1.29, 1.82) is 0 Å². The smallest absolute Gasteiger partial charge is 0.313 e. The second kappa shape index (κ2) is 8.70. The van der Waals surface area contributed by atoms with Crippen LogP contribution in [0.2, 0.25) is 5.02 Å². The quantitative estimate of drug-likeness (QED) is 0.597. The van der Waals surface area contributed by atoms with E-state index in [-0.39, 0.29) is 25.3 Å². The van der Waals surface area contributed by atoms with Gasteiger partial charge in [-0.25, -0.2) is 0 Å². The van der Waals surface area contributed by atoms with Gasteiger partial charge in [0.1, 0.15) is 5.75 Å². The zero-order valence-electron chi connectivity index (χ0n) is 12.2. The van der Waals surface area contributed by atoms with Crippen molar-refractivity contribution in [2.75, 3.05) is 6.54 Å². The molecule has 0 saturated heterocycles. The topological polar surface area (TPSA) is 55.4 Å². The molecule has 2 aromatic carbocycles. The Labute approximate surface area is 147 Å². The molecule has 2 aromatic rings. The number of ether oxygens (including phenoxy) is 1. The molecule has 0 atom stereocenters. The summed E-state index contributed by atoms with van der Waals surface area (Å²) < 4.78 is 5.96. The van der Waals surface area contributed by atoms with Gasteiger partial charge >= 0.3 is 5.97 Å². The molecule has 0 saturated carbocycles. The van der Waals surface area contributed by atoms with Gasteiger partial charge in [0, 0.05) is 11.0 Å². The molecule has 4 nitrogen and oxygen atoms in total. The van der Waals surface area contributed by atoms with E-state index in [0.717, 1.165) is 10.0 Å². The number of halogens is 2. The van der Waals surface area contributed by atoms with E-state index in [1.165, 1.54) is 0 Å². The van der Waals surface area contributed by atoms with E-state index in [2.05, 4.69) is 21.2 Å². The molecular formula is C17H15BrClNO3. The largest absolute Gasteiger partial charge is 0.425 e. The maximum atomic E-state index is 11.8. The molecule has 1 N–H and O–H groups in total. The highest BCUT2D eigenvalue weighted by atomic mass is 79.9. The fourth-order valence-corrected chi connectivity index (χ4v) is 2.59. The van der Waals surface area contributed by atoms with Crippen molar-refractivity contribution in [1.82, 2.24) is 5.32 Å². The molecule has 120 valence electrons. The van der Waals surface area contributed by atoms with Crippen LogP contribution >= 0.6 is 27.5 Å².